The van der Waals surface area contributed by atoms with Gasteiger partial charge >= 0.3 is 6.61 Å². The van der Waals surface area contributed by atoms with Crippen molar-refractivity contribution in [3.8, 4) is 5.75 Å². The van der Waals surface area contributed by atoms with Crippen molar-refractivity contribution in [3.05, 3.63) is 41.5 Å². The van der Waals surface area contributed by atoms with Gasteiger partial charge in [0.25, 0.3) is 0 Å². The summed E-state index contributed by atoms with van der Waals surface area (Å²) in [6.45, 7) is -1.17. The van der Waals surface area contributed by atoms with Gasteiger partial charge in [0.1, 0.15) is 0 Å². The van der Waals surface area contributed by atoms with Crippen LogP contribution in [0.1, 0.15) is 82.6 Å². The minimum absolute atomic E-state index is 0.0908. The number of allylic oxidation sites excluding steroid dienone is 2. The van der Waals surface area contributed by atoms with Gasteiger partial charge in [0, 0.05) is 0 Å². The third-order valence-electron chi connectivity index (χ3n) is 7.01. The molecule has 0 bridgehead atoms. The molecular weight excluding hydrogens is 380 g/mol. The maximum Gasteiger partial charge on any atom is 0.387 e. The fraction of sp³-hybridized carbons (Fsp3) is 0.667. The van der Waals surface area contributed by atoms with Crippen LogP contribution in [0.4, 0.5) is 17.6 Å². The predicted molar refractivity (Wildman–Crippen MR) is 107 cm³/mol. The van der Waals surface area contributed by atoms with Crippen molar-refractivity contribution in [2.45, 2.75) is 83.7 Å². The molecule has 162 valence electrons. The average Bonchev–Trinajstić information content (AvgIpc) is 2.71. The van der Waals surface area contributed by atoms with Gasteiger partial charge in [-0.1, -0.05) is 25.0 Å². The molecule has 3 rings (SSSR count). The second-order valence-corrected chi connectivity index (χ2v) is 8.73. The summed E-state index contributed by atoms with van der Waals surface area (Å²) in [4.78, 5) is 0. The van der Waals surface area contributed by atoms with E-state index in [1.54, 1.807) is 0 Å². The fourth-order valence-electron chi connectivity index (χ4n) is 5.39. The van der Waals surface area contributed by atoms with Crippen molar-refractivity contribution in [3.63, 3.8) is 0 Å². The minimum Gasteiger partial charge on any atom is -0.429 e. The Balaban J connectivity index is 1.50. The summed E-state index contributed by atoms with van der Waals surface area (Å²) >= 11 is 0. The molecule has 1 aromatic carbocycles. The first kappa shape index (κ1) is 22.2. The Morgan fingerprint density at radius 3 is 2.00 bits per heavy atom. The van der Waals surface area contributed by atoms with Gasteiger partial charge in [0.15, 0.2) is 17.4 Å². The Morgan fingerprint density at radius 2 is 1.48 bits per heavy atom. The number of hydrogen-bond donors (Lipinski definition) is 0. The smallest absolute Gasteiger partial charge is 0.387 e. The Labute approximate surface area is 171 Å². The predicted octanol–water partition coefficient (Wildman–Crippen LogP) is 8.00. The molecule has 5 heteroatoms. The summed E-state index contributed by atoms with van der Waals surface area (Å²) < 4.78 is 56.6. The SMILES string of the molecule is C/C=C/CCC1CCC(C2CCC(c3cc(F)c(OC(F)F)c(F)c3)CC2)CC1. The van der Waals surface area contributed by atoms with E-state index in [0.717, 1.165) is 37.5 Å². The molecule has 2 aliphatic carbocycles. The van der Waals surface area contributed by atoms with Crippen molar-refractivity contribution in [2.75, 3.05) is 0 Å². The third-order valence-corrected chi connectivity index (χ3v) is 7.01. The molecule has 0 atom stereocenters. The van der Waals surface area contributed by atoms with E-state index in [9.17, 15) is 17.6 Å². The molecule has 1 aromatic rings. The number of rotatable bonds is 7. The fourth-order valence-corrected chi connectivity index (χ4v) is 5.39. The van der Waals surface area contributed by atoms with Crippen LogP contribution in [0.2, 0.25) is 0 Å². The number of ether oxygens (including phenoxy) is 1. The van der Waals surface area contributed by atoms with Crippen LogP contribution in [0.15, 0.2) is 24.3 Å². The number of hydrogen-bond acceptors (Lipinski definition) is 1. The first-order valence-corrected chi connectivity index (χ1v) is 11.0. The first-order chi connectivity index (χ1) is 14.0. The van der Waals surface area contributed by atoms with E-state index in [4.69, 9.17) is 0 Å². The van der Waals surface area contributed by atoms with Crippen LogP contribution in [0.25, 0.3) is 0 Å². The molecule has 0 saturated heterocycles. The summed E-state index contributed by atoms with van der Waals surface area (Å²) in [5.74, 6) is -0.629. The van der Waals surface area contributed by atoms with E-state index in [1.807, 2.05) is 0 Å². The van der Waals surface area contributed by atoms with Crippen molar-refractivity contribution < 1.29 is 22.3 Å². The van der Waals surface area contributed by atoms with E-state index in [2.05, 4.69) is 23.8 Å². The molecule has 1 nitrogen and oxygen atoms in total. The number of benzene rings is 1. The van der Waals surface area contributed by atoms with Crippen LogP contribution in [-0.4, -0.2) is 6.61 Å². The van der Waals surface area contributed by atoms with E-state index in [-0.39, 0.29) is 5.92 Å². The second kappa shape index (κ2) is 10.5. The Morgan fingerprint density at radius 1 is 0.931 bits per heavy atom. The normalized spacial score (nSPS) is 28.2. The lowest BCUT2D eigenvalue weighted by Gasteiger charge is -2.38. The van der Waals surface area contributed by atoms with Gasteiger partial charge in [0.2, 0.25) is 0 Å². The van der Waals surface area contributed by atoms with Crippen molar-refractivity contribution in [2.24, 2.45) is 17.8 Å². The molecule has 0 amide bonds. The van der Waals surface area contributed by atoms with Gasteiger partial charge in [-0.25, -0.2) is 8.78 Å². The van der Waals surface area contributed by atoms with Gasteiger partial charge in [-0.3, -0.25) is 0 Å². The second-order valence-electron chi connectivity index (χ2n) is 8.73. The largest absolute Gasteiger partial charge is 0.429 e. The highest BCUT2D eigenvalue weighted by Gasteiger charge is 2.31. The summed E-state index contributed by atoms with van der Waals surface area (Å²) in [5.41, 5.74) is 0.563. The van der Waals surface area contributed by atoms with E-state index in [0.29, 0.717) is 11.5 Å². The summed E-state index contributed by atoms with van der Waals surface area (Å²) in [6, 6.07) is 2.34. The van der Waals surface area contributed by atoms with Gasteiger partial charge in [-0.05, 0) is 99.7 Å². The number of alkyl halides is 2. The van der Waals surface area contributed by atoms with Crippen molar-refractivity contribution in [1.82, 2.24) is 0 Å². The summed E-state index contributed by atoms with van der Waals surface area (Å²) in [5, 5.41) is 0. The summed E-state index contributed by atoms with van der Waals surface area (Å²) in [7, 11) is 0. The van der Waals surface area contributed by atoms with Crippen LogP contribution in [0, 0.1) is 29.4 Å². The van der Waals surface area contributed by atoms with Gasteiger partial charge in [0.05, 0.1) is 0 Å². The van der Waals surface area contributed by atoms with E-state index in [1.165, 1.54) is 50.7 Å². The quantitative estimate of drug-likeness (QED) is 0.326. The molecule has 0 N–H and O–H groups in total. The lowest BCUT2D eigenvalue weighted by Crippen LogP contribution is -2.25. The average molecular weight is 413 g/mol. The molecule has 2 fully saturated rings. The molecule has 0 aromatic heterocycles. The highest BCUT2D eigenvalue weighted by molar-refractivity contribution is 5.33. The molecule has 29 heavy (non-hydrogen) atoms. The molecular formula is C24H32F4O. The molecule has 0 unspecified atom stereocenters. The maximum absolute atomic E-state index is 14.0. The lowest BCUT2D eigenvalue weighted by atomic mass is 9.68. The zero-order valence-electron chi connectivity index (χ0n) is 17.2. The Bertz CT molecular complexity index is 648. The topological polar surface area (TPSA) is 9.23 Å². The van der Waals surface area contributed by atoms with Gasteiger partial charge < -0.3 is 4.74 Å². The van der Waals surface area contributed by atoms with Gasteiger partial charge in [-0.2, -0.15) is 8.78 Å². The Kier molecular flexibility index (Phi) is 8.02. The van der Waals surface area contributed by atoms with Crippen LogP contribution >= 0.6 is 0 Å². The lowest BCUT2D eigenvalue weighted by molar-refractivity contribution is -0.0546. The van der Waals surface area contributed by atoms with Crippen molar-refractivity contribution in [1.29, 1.82) is 0 Å². The molecule has 2 aliphatic rings. The monoisotopic (exact) mass is 412 g/mol. The first-order valence-electron chi connectivity index (χ1n) is 11.0. The standard InChI is InChI=1S/C24H32F4O/c1-2-3-4-5-16-6-8-17(9-7-16)18-10-12-19(13-11-18)20-14-21(25)23(22(26)15-20)29-24(27)28/h2-3,14-19,24H,4-13H2,1H3/b3-2+. The van der Waals surface area contributed by atoms with Crippen molar-refractivity contribution >= 4 is 0 Å². The maximum atomic E-state index is 14.0. The molecule has 0 heterocycles. The minimum atomic E-state index is -3.24. The third kappa shape index (κ3) is 5.99. The molecule has 0 radical (unpaired) electrons. The van der Waals surface area contributed by atoms with Crippen LogP contribution in [-0.2, 0) is 0 Å². The number of halogens is 4. The van der Waals surface area contributed by atoms with E-state index >= 15 is 0 Å². The zero-order chi connectivity index (χ0) is 20.8. The molecule has 0 spiro atoms. The Hall–Kier alpha value is -1.52. The van der Waals surface area contributed by atoms with E-state index < -0.39 is 24.0 Å². The highest BCUT2D eigenvalue weighted by Crippen LogP contribution is 2.45. The highest BCUT2D eigenvalue weighted by atomic mass is 19.3. The van der Waals surface area contributed by atoms with Crippen LogP contribution in [0.3, 0.4) is 0 Å². The zero-order valence-corrected chi connectivity index (χ0v) is 17.2. The van der Waals surface area contributed by atoms with Gasteiger partial charge in [-0.15, -0.1) is 0 Å². The van der Waals surface area contributed by atoms with Crippen LogP contribution in [0.5, 0.6) is 5.75 Å². The van der Waals surface area contributed by atoms with Crippen LogP contribution < -0.4 is 4.74 Å². The molecule has 2 saturated carbocycles. The summed E-state index contributed by atoms with van der Waals surface area (Å²) in [6.07, 6.45) is 16.1. The molecule has 0 aliphatic heterocycles.